The molecule has 0 heterocycles. The van der Waals surface area contributed by atoms with Crippen molar-refractivity contribution in [3.63, 3.8) is 0 Å². The largest absolute Gasteiger partial charge is 0.465 e. The lowest BCUT2D eigenvalue weighted by Gasteiger charge is -2.10. The van der Waals surface area contributed by atoms with Gasteiger partial charge < -0.3 is 4.74 Å². The molecule has 8 nitrogen and oxygen atoms in total. The lowest BCUT2D eigenvalue weighted by Crippen LogP contribution is -2.14. The van der Waals surface area contributed by atoms with Crippen molar-refractivity contribution >= 4 is 39.0 Å². The number of methoxy groups -OCH3 is 1. The van der Waals surface area contributed by atoms with E-state index >= 15 is 0 Å². The van der Waals surface area contributed by atoms with E-state index < -0.39 is 20.9 Å². The molecular weight excluding hydrogens is 360 g/mol. The molecule has 2 aromatic rings. The first-order valence-electron chi connectivity index (χ1n) is 6.40. The van der Waals surface area contributed by atoms with Gasteiger partial charge in [0.1, 0.15) is 0 Å². The third kappa shape index (κ3) is 3.81. The van der Waals surface area contributed by atoms with E-state index in [-0.39, 0.29) is 26.9 Å². The van der Waals surface area contributed by atoms with Gasteiger partial charge in [-0.3, -0.25) is 14.8 Å². The lowest BCUT2D eigenvalue weighted by molar-refractivity contribution is -0.384. The summed E-state index contributed by atoms with van der Waals surface area (Å²) in [5.74, 6) is -0.651. The number of nitro groups is 1. The molecule has 0 radical (unpaired) electrons. The molecule has 0 aromatic heterocycles. The molecule has 2 rings (SSSR count). The highest BCUT2D eigenvalue weighted by atomic mass is 35.5. The average Bonchev–Trinajstić information content (AvgIpc) is 2.56. The second kappa shape index (κ2) is 6.85. The Morgan fingerprint density at radius 3 is 2.38 bits per heavy atom. The van der Waals surface area contributed by atoms with E-state index in [0.717, 1.165) is 24.3 Å². The van der Waals surface area contributed by atoms with Gasteiger partial charge in [0.15, 0.2) is 0 Å². The van der Waals surface area contributed by atoms with Gasteiger partial charge in [0.05, 0.1) is 33.2 Å². The van der Waals surface area contributed by atoms with Crippen LogP contribution in [0.15, 0.2) is 47.4 Å². The number of nitrogens with zero attached hydrogens (tertiary/aromatic N) is 1. The van der Waals surface area contributed by atoms with Crippen molar-refractivity contribution in [2.24, 2.45) is 0 Å². The van der Waals surface area contributed by atoms with E-state index in [0.29, 0.717) is 0 Å². The summed E-state index contributed by atoms with van der Waals surface area (Å²) >= 11 is 5.94. The lowest BCUT2D eigenvalue weighted by atomic mass is 10.2. The number of anilines is 1. The summed E-state index contributed by atoms with van der Waals surface area (Å²) in [7, 11) is -2.84. The number of non-ortho nitro benzene ring substituents is 1. The van der Waals surface area contributed by atoms with Crippen molar-refractivity contribution in [3.8, 4) is 0 Å². The summed E-state index contributed by atoms with van der Waals surface area (Å²) in [4.78, 5) is 21.3. The molecule has 1 N–H and O–H groups in total. The maximum atomic E-state index is 12.3. The predicted octanol–water partition coefficient (Wildman–Crippen LogP) is 2.84. The minimum atomic E-state index is -4.04. The van der Waals surface area contributed by atoms with Crippen LogP contribution in [-0.4, -0.2) is 26.4 Å². The van der Waals surface area contributed by atoms with Crippen LogP contribution in [0.3, 0.4) is 0 Å². The van der Waals surface area contributed by atoms with Gasteiger partial charge in [-0.1, -0.05) is 11.6 Å². The molecule has 24 heavy (non-hydrogen) atoms. The zero-order valence-electron chi connectivity index (χ0n) is 12.2. The molecule has 0 unspecified atom stereocenters. The standard InChI is InChI=1S/C14H11ClN2O6S/c1-23-14(18)9-2-7-12(15)13(8-9)16-24(21,22)11-5-3-10(4-6-11)17(19)20/h2-8,16H,1H3. The maximum absolute atomic E-state index is 12.3. The minimum absolute atomic E-state index is 0.0158. The Morgan fingerprint density at radius 2 is 1.83 bits per heavy atom. The number of carbonyl (C=O) groups is 1. The molecule has 0 aliphatic carbocycles. The van der Waals surface area contributed by atoms with Gasteiger partial charge in [-0.15, -0.1) is 0 Å². The highest BCUT2D eigenvalue weighted by Crippen LogP contribution is 2.26. The van der Waals surface area contributed by atoms with Crippen LogP contribution >= 0.6 is 11.6 Å². The maximum Gasteiger partial charge on any atom is 0.337 e. The summed E-state index contributed by atoms with van der Waals surface area (Å²) in [6.07, 6.45) is 0. The average molecular weight is 371 g/mol. The van der Waals surface area contributed by atoms with Gasteiger partial charge in [0, 0.05) is 12.1 Å². The topological polar surface area (TPSA) is 116 Å². The van der Waals surface area contributed by atoms with Crippen LogP contribution < -0.4 is 4.72 Å². The Hall–Kier alpha value is -2.65. The number of carbonyl (C=O) groups excluding carboxylic acids is 1. The number of esters is 1. The number of sulfonamides is 1. The quantitative estimate of drug-likeness (QED) is 0.491. The van der Waals surface area contributed by atoms with Crippen molar-refractivity contribution in [3.05, 3.63) is 63.2 Å². The molecule has 0 fully saturated rings. The summed E-state index contributed by atoms with van der Waals surface area (Å²) < 4.78 is 31.5. The number of hydrogen-bond donors (Lipinski definition) is 1. The zero-order chi connectivity index (χ0) is 17.9. The number of rotatable bonds is 5. The Labute approximate surface area is 142 Å². The summed E-state index contributed by atoms with van der Waals surface area (Å²) in [5.41, 5.74) is -0.138. The molecule has 2 aromatic carbocycles. The Morgan fingerprint density at radius 1 is 1.21 bits per heavy atom. The van der Waals surface area contributed by atoms with Crippen LogP contribution in [0.4, 0.5) is 11.4 Å². The third-order valence-corrected chi connectivity index (χ3v) is 4.70. The van der Waals surface area contributed by atoms with E-state index in [9.17, 15) is 23.3 Å². The summed E-state index contributed by atoms with van der Waals surface area (Å²) in [6.45, 7) is 0. The van der Waals surface area contributed by atoms with Gasteiger partial charge in [-0.2, -0.15) is 0 Å². The first-order valence-corrected chi connectivity index (χ1v) is 8.26. The molecule has 0 aliphatic rings. The molecule has 0 saturated heterocycles. The first kappa shape index (κ1) is 17.7. The van der Waals surface area contributed by atoms with Gasteiger partial charge in [0.25, 0.3) is 15.7 Å². The van der Waals surface area contributed by atoms with E-state index in [1.54, 1.807) is 0 Å². The second-order valence-electron chi connectivity index (χ2n) is 4.54. The van der Waals surface area contributed by atoms with Crippen molar-refractivity contribution in [1.82, 2.24) is 0 Å². The molecule has 0 amide bonds. The summed E-state index contributed by atoms with van der Waals surface area (Å²) in [5, 5.41) is 10.7. The monoisotopic (exact) mass is 370 g/mol. The number of ether oxygens (including phenoxy) is 1. The zero-order valence-corrected chi connectivity index (χ0v) is 13.8. The van der Waals surface area contributed by atoms with E-state index in [1.165, 1.54) is 25.3 Å². The molecule has 126 valence electrons. The molecule has 0 saturated carbocycles. The highest BCUT2D eigenvalue weighted by molar-refractivity contribution is 7.92. The second-order valence-corrected chi connectivity index (χ2v) is 6.63. The molecule has 0 bridgehead atoms. The Bertz CT molecular complexity index is 896. The fourth-order valence-electron chi connectivity index (χ4n) is 1.80. The first-order chi connectivity index (χ1) is 11.2. The smallest absolute Gasteiger partial charge is 0.337 e. The molecule has 0 atom stereocenters. The van der Waals surface area contributed by atoms with Crippen LogP contribution in [-0.2, 0) is 14.8 Å². The van der Waals surface area contributed by atoms with Gasteiger partial charge in [0.2, 0.25) is 0 Å². The number of nitro benzene ring substituents is 1. The van der Waals surface area contributed by atoms with Crippen LogP contribution in [0.25, 0.3) is 0 Å². The molecule has 0 aliphatic heterocycles. The number of halogens is 1. The molecule has 10 heteroatoms. The van der Waals surface area contributed by atoms with Gasteiger partial charge >= 0.3 is 5.97 Å². The Balaban J connectivity index is 2.35. The number of hydrogen-bond acceptors (Lipinski definition) is 6. The third-order valence-electron chi connectivity index (χ3n) is 2.99. The predicted molar refractivity (Wildman–Crippen MR) is 86.7 cm³/mol. The minimum Gasteiger partial charge on any atom is -0.465 e. The van der Waals surface area contributed by atoms with Crippen LogP contribution in [0, 0.1) is 10.1 Å². The van der Waals surface area contributed by atoms with Crippen LogP contribution in [0.2, 0.25) is 5.02 Å². The Kier molecular flexibility index (Phi) is 5.05. The van der Waals surface area contributed by atoms with E-state index in [1.807, 2.05) is 0 Å². The van der Waals surface area contributed by atoms with Gasteiger partial charge in [-0.05, 0) is 30.3 Å². The van der Waals surface area contributed by atoms with Gasteiger partial charge in [-0.25, -0.2) is 13.2 Å². The van der Waals surface area contributed by atoms with E-state index in [2.05, 4.69) is 9.46 Å². The SMILES string of the molecule is COC(=O)c1ccc(Cl)c(NS(=O)(=O)c2ccc([N+](=O)[O-])cc2)c1. The highest BCUT2D eigenvalue weighted by Gasteiger charge is 2.18. The molecule has 0 spiro atoms. The molecular formula is C14H11ClN2O6S. The summed E-state index contributed by atoms with van der Waals surface area (Å²) in [6, 6.07) is 8.30. The fraction of sp³-hybridized carbons (Fsp3) is 0.0714. The van der Waals surface area contributed by atoms with Crippen molar-refractivity contribution in [2.45, 2.75) is 4.90 Å². The number of nitrogens with one attached hydrogen (secondary N) is 1. The fourth-order valence-corrected chi connectivity index (χ4v) is 3.09. The van der Waals surface area contributed by atoms with Crippen molar-refractivity contribution in [2.75, 3.05) is 11.8 Å². The van der Waals surface area contributed by atoms with Crippen molar-refractivity contribution in [1.29, 1.82) is 0 Å². The van der Waals surface area contributed by atoms with Crippen molar-refractivity contribution < 1.29 is 22.9 Å². The van der Waals surface area contributed by atoms with Crippen LogP contribution in [0.5, 0.6) is 0 Å². The van der Waals surface area contributed by atoms with E-state index in [4.69, 9.17) is 11.6 Å². The number of benzene rings is 2. The normalized spacial score (nSPS) is 10.9. The van der Waals surface area contributed by atoms with Crippen LogP contribution in [0.1, 0.15) is 10.4 Å².